The van der Waals surface area contributed by atoms with Gasteiger partial charge in [-0.05, 0) is 50.6 Å². The fourth-order valence-corrected chi connectivity index (χ4v) is 5.28. The van der Waals surface area contributed by atoms with Crippen LogP contribution in [0.2, 0.25) is 0 Å². The number of nitrogens with one attached hydrogen (secondary N) is 1. The summed E-state index contributed by atoms with van der Waals surface area (Å²) >= 11 is 0. The third-order valence-electron chi connectivity index (χ3n) is 5.33. The van der Waals surface area contributed by atoms with Crippen molar-refractivity contribution in [3.05, 3.63) is 59.7 Å². The molecule has 10 nitrogen and oxygen atoms in total. The van der Waals surface area contributed by atoms with Crippen LogP contribution >= 0.6 is 0 Å². The maximum atomic E-state index is 13.7. The van der Waals surface area contributed by atoms with Crippen molar-refractivity contribution >= 4 is 28.0 Å². The number of carbonyl (C=O) groups excluding carboxylic acids is 3. The number of benzene rings is 2. The molecule has 2 aromatic carbocycles. The molecule has 11 heteroatoms. The average molecular weight is 491 g/mol. The lowest BCUT2D eigenvalue weighted by molar-refractivity contribution is -0.166. The highest BCUT2D eigenvalue weighted by atomic mass is 32.2. The van der Waals surface area contributed by atoms with Crippen molar-refractivity contribution in [1.29, 1.82) is 0 Å². The van der Waals surface area contributed by atoms with Crippen LogP contribution in [-0.2, 0) is 29.1 Å². The minimum Gasteiger partial charge on any atom is -0.497 e. The standard InChI is InChI=1S/C23H26N2O8S/c1-5-32-20(26)23(21(27)33-6-2)19(16-8-7-9-17(14-16)31-4)25(22(28)24-23)34(29,30)18-12-10-15(3)11-13-18/h7-14,19H,5-6H2,1-4H3,(H,24,28)/t19-/m1/s1. The monoisotopic (exact) mass is 490 g/mol. The number of nitrogens with zero attached hydrogens (tertiary/aromatic N) is 1. The van der Waals surface area contributed by atoms with Crippen molar-refractivity contribution in [1.82, 2.24) is 9.62 Å². The molecule has 1 heterocycles. The van der Waals surface area contributed by atoms with E-state index in [-0.39, 0.29) is 23.7 Å². The van der Waals surface area contributed by atoms with Crippen molar-refractivity contribution in [2.75, 3.05) is 20.3 Å². The van der Waals surface area contributed by atoms with Crippen LogP contribution < -0.4 is 10.1 Å². The summed E-state index contributed by atoms with van der Waals surface area (Å²) in [7, 11) is -3.12. The second kappa shape index (κ2) is 9.72. The van der Waals surface area contributed by atoms with Gasteiger partial charge in [-0.2, -0.15) is 0 Å². The molecule has 1 aliphatic rings. The fraction of sp³-hybridized carbons (Fsp3) is 0.348. The third-order valence-corrected chi connectivity index (χ3v) is 7.09. The summed E-state index contributed by atoms with van der Waals surface area (Å²) < 4.78 is 43.3. The zero-order valence-corrected chi connectivity index (χ0v) is 20.0. The summed E-state index contributed by atoms with van der Waals surface area (Å²) in [5, 5.41) is 2.28. The highest BCUT2D eigenvalue weighted by molar-refractivity contribution is 7.89. The third kappa shape index (κ3) is 4.18. The highest BCUT2D eigenvalue weighted by Gasteiger charge is 2.67. The van der Waals surface area contributed by atoms with E-state index in [1.165, 1.54) is 45.2 Å². The molecule has 3 rings (SSSR count). The maximum Gasteiger partial charge on any atom is 0.346 e. The lowest BCUT2D eigenvalue weighted by Gasteiger charge is -2.32. The minimum atomic E-state index is -4.52. The molecule has 0 spiro atoms. The summed E-state index contributed by atoms with van der Waals surface area (Å²) in [4.78, 5) is 39.5. The first-order valence-corrected chi connectivity index (χ1v) is 12.0. The van der Waals surface area contributed by atoms with Crippen LogP contribution in [-0.4, -0.2) is 56.6 Å². The van der Waals surface area contributed by atoms with Gasteiger partial charge < -0.3 is 19.5 Å². The zero-order chi connectivity index (χ0) is 25.1. The minimum absolute atomic E-state index is 0.120. The quantitative estimate of drug-likeness (QED) is 0.441. The fourth-order valence-electron chi connectivity index (χ4n) is 3.75. The Kier molecular flexibility index (Phi) is 7.15. The molecule has 1 N–H and O–H groups in total. The van der Waals surface area contributed by atoms with Crippen LogP contribution in [0.15, 0.2) is 53.4 Å². The van der Waals surface area contributed by atoms with E-state index in [0.29, 0.717) is 10.1 Å². The molecule has 1 atom stereocenters. The van der Waals surface area contributed by atoms with Crippen molar-refractivity contribution in [3.8, 4) is 5.75 Å². The Labute approximate surface area is 197 Å². The number of hydrogen-bond donors (Lipinski definition) is 1. The molecule has 1 saturated heterocycles. The largest absolute Gasteiger partial charge is 0.497 e. The first-order chi connectivity index (χ1) is 16.1. The van der Waals surface area contributed by atoms with E-state index < -0.39 is 39.6 Å². The van der Waals surface area contributed by atoms with Gasteiger partial charge >= 0.3 is 18.0 Å². The average Bonchev–Trinajstić information content (AvgIpc) is 3.14. The van der Waals surface area contributed by atoms with E-state index in [1.54, 1.807) is 31.2 Å². The predicted octanol–water partition coefficient (Wildman–Crippen LogP) is 2.32. The number of sulfonamides is 1. The van der Waals surface area contributed by atoms with Gasteiger partial charge in [0.05, 0.1) is 25.2 Å². The zero-order valence-electron chi connectivity index (χ0n) is 19.2. The van der Waals surface area contributed by atoms with Gasteiger partial charge in [0.1, 0.15) is 11.8 Å². The summed E-state index contributed by atoms with van der Waals surface area (Å²) in [6.45, 7) is 4.59. The van der Waals surface area contributed by atoms with Crippen LogP contribution in [0.5, 0.6) is 5.75 Å². The van der Waals surface area contributed by atoms with E-state index in [2.05, 4.69) is 5.32 Å². The first kappa shape index (κ1) is 25.0. The van der Waals surface area contributed by atoms with Crippen molar-refractivity contribution in [3.63, 3.8) is 0 Å². The molecule has 2 aromatic rings. The molecule has 0 bridgehead atoms. The van der Waals surface area contributed by atoms with Crippen LogP contribution in [0.4, 0.5) is 4.79 Å². The molecule has 0 aromatic heterocycles. The first-order valence-electron chi connectivity index (χ1n) is 10.5. The highest BCUT2D eigenvalue weighted by Crippen LogP contribution is 2.43. The topological polar surface area (TPSA) is 128 Å². The van der Waals surface area contributed by atoms with Crippen molar-refractivity contribution in [2.24, 2.45) is 0 Å². The van der Waals surface area contributed by atoms with E-state index in [0.717, 1.165) is 5.56 Å². The van der Waals surface area contributed by atoms with Crippen LogP contribution in [0, 0.1) is 6.92 Å². The van der Waals surface area contributed by atoms with E-state index in [1.807, 2.05) is 0 Å². The summed E-state index contributed by atoms with van der Waals surface area (Å²) in [6.07, 6.45) is 0. The number of rotatable bonds is 8. The maximum absolute atomic E-state index is 13.7. The predicted molar refractivity (Wildman–Crippen MR) is 120 cm³/mol. The van der Waals surface area contributed by atoms with Crippen molar-refractivity contribution < 1.29 is 37.0 Å². The Balaban J connectivity index is 2.32. The van der Waals surface area contributed by atoms with Gasteiger partial charge in [-0.15, -0.1) is 0 Å². The van der Waals surface area contributed by atoms with E-state index in [9.17, 15) is 22.8 Å². The van der Waals surface area contributed by atoms with Gasteiger partial charge in [0.2, 0.25) is 0 Å². The van der Waals surface area contributed by atoms with Crippen LogP contribution in [0.3, 0.4) is 0 Å². The van der Waals surface area contributed by atoms with E-state index in [4.69, 9.17) is 14.2 Å². The molecule has 0 radical (unpaired) electrons. The van der Waals surface area contributed by atoms with Crippen molar-refractivity contribution in [2.45, 2.75) is 37.2 Å². The lowest BCUT2D eigenvalue weighted by atomic mass is 9.86. The molecular formula is C23H26N2O8S. The Morgan fingerprint density at radius 3 is 2.15 bits per heavy atom. The second-order valence-electron chi connectivity index (χ2n) is 7.47. The molecule has 0 unspecified atom stereocenters. The second-order valence-corrected chi connectivity index (χ2v) is 9.29. The Morgan fingerprint density at radius 1 is 1.03 bits per heavy atom. The summed E-state index contributed by atoms with van der Waals surface area (Å²) in [6, 6.07) is 9.08. The molecule has 182 valence electrons. The normalized spacial score (nSPS) is 17.1. The molecule has 34 heavy (non-hydrogen) atoms. The Hall–Kier alpha value is -3.60. The molecule has 1 aliphatic heterocycles. The number of ether oxygens (including phenoxy) is 3. The smallest absolute Gasteiger partial charge is 0.346 e. The van der Waals surface area contributed by atoms with Gasteiger partial charge in [0.15, 0.2) is 0 Å². The van der Waals surface area contributed by atoms with Crippen LogP contribution in [0.1, 0.15) is 31.0 Å². The molecule has 2 amide bonds. The number of carbonyl (C=O) groups is 3. The van der Waals surface area contributed by atoms with E-state index >= 15 is 0 Å². The lowest BCUT2D eigenvalue weighted by Crippen LogP contribution is -2.60. The SMILES string of the molecule is CCOC(=O)C1(C(=O)OCC)NC(=O)N(S(=O)(=O)c2ccc(C)cc2)[C@@H]1c1cccc(OC)c1. The number of aryl methyl sites for hydroxylation is 1. The Morgan fingerprint density at radius 2 is 1.62 bits per heavy atom. The van der Waals surface area contributed by atoms with Gasteiger partial charge in [-0.25, -0.2) is 27.1 Å². The molecular weight excluding hydrogens is 464 g/mol. The number of amides is 2. The molecule has 0 aliphatic carbocycles. The van der Waals surface area contributed by atoms with Gasteiger partial charge in [-0.1, -0.05) is 29.8 Å². The molecule has 1 fully saturated rings. The van der Waals surface area contributed by atoms with Gasteiger partial charge in [0, 0.05) is 0 Å². The molecule has 0 saturated carbocycles. The Bertz CT molecular complexity index is 1180. The summed E-state index contributed by atoms with van der Waals surface area (Å²) in [5.74, 6) is -1.96. The van der Waals surface area contributed by atoms with Crippen LogP contribution in [0.25, 0.3) is 0 Å². The van der Waals surface area contributed by atoms with Gasteiger partial charge in [-0.3, -0.25) is 0 Å². The number of hydrogen-bond acceptors (Lipinski definition) is 8. The number of methoxy groups -OCH3 is 1. The number of esters is 2. The number of urea groups is 1. The van der Waals surface area contributed by atoms with Gasteiger partial charge in [0.25, 0.3) is 15.6 Å². The summed E-state index contributed by atoms with van der Waals surface area (Å²) in [5.41, 5.74) is -1.52.